The number of phenolic OH excluding ortho intramolecular Hbond substituents is 1. The highest BCUT2D eigenvalue weighted by Crippen LogP contribution is 2.54. The van der Waals surface area contributed by atoms with E-state index in [-0.39, 0.29) is 41.5 Å². The summed E-state index contributed by atoms with van der Waals surface area (Å²) in [5.74, 6) is -2.97. The number of carbonyl (C=O) groups excluding carboxylic acids is 4. The number of para-hydroxylation sites is 1. The van der Waals surface area contributed by atoms with Gasteiger partial charge in [0, 0.05) is 28.2 Å². The second kappa shape index (κ2) is 6.11. The van der Waals surface area contributed by atoms with Crippen molar-refractivity contribution in [2.24, 2.45) is 17.8 Å². The third-order valence-corrected chi connectivity index (χ3v) is 6.65. The average molecular weight is 389 g/mol. The molecule has 3 aliphatic carbocycles. The molecule has 1 heterocycles. The van der Waals surface area contributed by atoms with Crippen LogP contribution in [0.15, 0.2) is 58.7 Å². The lowest BCUT2D eigenvalue weighted by Crippen LogP contribution is -2.39. The Labute approximate surface area is 167 Å². The number of carbonyl (C=O) groups is 4. The van der Waals surface area contributed by atoms with Gasteiger partial charge in [0.05, 0.1) is 11.8 Å². The van der Waals surface area contributed by atoms with E-state index in [0.29, 0.717) is 28.7 Å². The summed E-state index contributed by atoms with van der Waals surface area (Å²) in [6.45, 7) is 1.61. The van der Waals surface area contributed by atoms with Crippen LogP contribution >= 0.6 is 0 Å². The summed E-state index contributed by atoms with van der Waals surface area (Å²) in [4.78, 5) is 50.7. The Hall–Kier alpha value is -3.28. The molecular weight excluding hydrogens is 370 g/mol. The molecule has 1 aliphatic heterocycles. The van der Waals surface area contributed by atoms with Crippen molar-refractivity contribution in [1.29, 1.82) is 0 Å². The second-order valence-corrected chi connectivity index (χ2v) is 8.14. The number of nitrogens with one attached hydrogen (secondary N) is 1. The number of amides is 2. The van der Waals surface area contributed by atoms with Crippen LogP contribution in [-0.2, 0) is 19.2 Å². The Morgan fingerprint density at radius 1 is 1.03 bits per heavy atom. The first-order valence-corrected chi connectivity index (χ1v) is 9.71. The zero-order chi connectivity index (χ0) is 20.4. The Bertz CT molecular complexity index is 1110. The third kappa shape index (κ3) is 2.41. The molecule has 0 radical (unpaired) electrons. The summed E-state index contributed by atoms with van der Waals surface area (Å²) >= 11 is 0. The van der Waals surface area contributed by atoms with Crippen LogP contribution in [0.4, 0.5) is 0 Å². The van der Waals surface area contributed by atoms with Crippen molar-refractivity contribution in [2.75, 3.05) is 0 Å². The molecule has 4 atom stereocenters. The maximum Gasteiger partial charge on any atom is 0.231 e. The molecule has 6 nitrogen and oxygen atoms in total. The van der Waals surface area contributed by atoms with Gasteiger partial charge in [-0.1, -0.05) is 29.8 Å². The van der Waals surface area contributed by atoms with Gasteiger partial charge in [-0.25, -0.2) is 0 Å². The molecule has 1 aromatic carbocycles. The van der Waals surface area contributed by atoms with E-state index in [1.165, 1.54) is 6.08 Å². The van der Waals surface area contributed by atoms with Crippen LogP contribution in [0.25, 0.3) is 0 Å². The van der Waals surface area contributed by atoms with Gasteiger partial charge in [0.1, 0.15) is 5.75 Å². The molecule has 2 N–H and O–H groups in total. The van der Waals surface area contributed by atoms with E-state index in [4.69, 9.17) is 0 Å². The van der Waals surface area contributed by atoms with Gasteiger partial charge >= 0.3 is 0 Å². The second-order valence-electron chi connectivity index (χ2n) is 8.14. The van der Waals surface area contributed by atoms with E-state index in [1.807, 2.05) is 6.08 Å². The smallest absolute Gasteiger partial charge is 0.231 e. The standard InChI is InChI=1S/C23H19NO5/c1-10-8-17(26)20-15(21(10)27)9-14-11(18(20)12-4-2-3-5-16(12)25)6-7-13-19(14)23(29)24-22(13)28/h2-6,8,13-14,18-19,25H,7,9H2,1H3,(H,24,28,29)/t13-,14+,18+,19-/m0/s1. The van der Waals surface area contributed by atoms with Gasteiger partial charge in [-0.3, -0.25) is 24.5 Å². The zero-order valence-corrected chi connectivity index (χ0v) is 15.8. The van der Waals surface area contributed by atoms with Gasteiger partial charge in [-0.15, -0.1) is 0 Å². The Morgan fingerprint density at radius 2 is 1.79 bits per heavy atom. The normalized spacial score (nSPS) is 30.9. The number of phenols is 1. The topological polar surface area (TPSA) is 101 Å². The summed E-state index contributed by atoms with van der Waals surface area (Å²) in [5, 5.41) is 13.0. The van der Waals surface area contributed by atoms with Gasteiger partial charge in [-0.05, 0) is 37.8 Å². The van der Waals surface area contributed by atoms with Crippen molar-refractivity contribution >= 4 is 23.4 Å². The molecule has 0 spiro atoms. The first-order chi connectivity index (χ1) is 13.9. The Balaban J connectivity index is 1.74. The molecule has 5 rings (SSSR count). The maximum absolute atomic E-state index is 13.0. The SMILES string of the molecule is CC1=CC(=O)C2=C(C[C@@H]3C(=CC[C@@H]4C(=O)NC(=O)[C@@H]43)[C@@H]2c2ccccc2O)C1=O. The van der Waals surface area contributed by atoms with Crippen LogP contribution in [0.5, 0.6) is 5.75 Å². The van der Waals surface area contributed by atoms with Crippen molar-refractivity contribution in [1.82, 2.24) is 5.32 Å². The Morgan fingerprint density at radius 3 is 2.55 bits per heavy atom. The summed E-state index contributed by atoms with van der Waals surface area (Å²) in [6, 6.07) is 6.75. The number of rotatable bonds is 1. The molecule has 0 aromatic heterocycles. The van der Waals surface area contributed by atoms with Crippen molar-refractivity contribution in [3.8, 4) is 5.75 Å². The van der Waals surface area contributed by atoms with Crippen molar-refractivity contribution in [2.45, 2.75) is 25.7 Å². The minimum absolute atomic E-state index is 0.0338. The predicted octanol–water partition coefficient (Wildman–Crippen LogP) is 2.11. The largest absolute Gasteiger partial charge is 0.508 e. The zero-order valence-electron chi connectivity index (χ0n) is 15.8. The number of imide groups is 1. The number of hydrogen-bond donors (Lipinski definition) is 2. The van der Waals surface area contributed by atoms with Crippen molar-refractivity contribution in [3.63, 3.8) is 0 Å². The van der Waals surface area contributed by atoms with Gasteiger partial charge in [0.25, 0.3) is 0 Å². The van der Waals surface area contributed by atoms with E-state index >= 15 is 0 Å². The fourth-order valence-electron chi connectivity index (χ4n) is 5.38. The molecule has 1 aromatic rings. The quantitative estimate of drug-likeness (QED) is 0.435. The Kier molecular flexibility index (Phi) is 3.75. The molecule has 0 bridgehead atoms. The molecule has 1 fully saturated rings. The van der Waals surface area contributed by atoms with E-state index in [9.17, 15) is 24.3 Å². The minimum atomic E-state index is -0.602. The first-order valence-electron chi connectivity index (χ1n) is 9.71. The number of benzene rings is 1. The van der Waals surface area contributed by atoms with Gasteiger partial charge < -0.3 is 5.11 Å². The molecule has 0 saturated carbocycles. The summed E-state index contributed by atoms with van der Waals surface area (Å²) in [6.07, 6.45) is 3.93. The third-order valence-electron chi connectivity index (χ3n) is 6.65. The average Bonchev–Trinajstić information content (AvgIpc) is 2.99. The fraction of sp³-hybridized carbons (Fsp3) is 0.304. The van der Waals surface area contributed by atoms with Gasteiger partial charge in [0.15, 0.2) is 11.6 Å². The van der Waals surface area contributed by atoms with E-state index < -0.39 is 17.8 Å². The first kappa shape index (κ1) is 17.8. The number of ketones is 2. The minimum Gasteiger partial charge on any atom is -0.508 e. The van der Waals surface area contributed by atoms with E-state index in [2.05, 4.69) is 5.32 Å². The number of hydrogen-bond acceptors (Lipinski definition) is 5. The number of allylic oxidation sites excluding steroid dienone is 6. The lowest BCUT2D eigenvalue weighted by molar-refractivity contribution is -0.126. The lowest BCUT2D eigenvalue weighted by Gasteiger charge is -2.42. The van der Waals surface area contributed by atoms with Crippen LogP contribution in [0.1, 0.15) is 31.2 Å². The fourth-order valence-corrected chi connectivity index (χ4v) is 5.38. The number of Topliss-reactive ketones (excluding diaryl/α,β-unsaturated/α-hetero) is 1. The van der Waals surface area contributed by atoms with E-state index in [1.54, 1.807) is 31.2 Å². The van der Waals surface area contributed by atoms with E-state index in [0.717, 1.165) is 5.57 Å². The summed E-state index contributed by atoms with van der Waals surface area (Å²) < 4.78 is 0. The number of fused-ring (bicyclic) bond motifs is 3. The predicted molar refractivity (Wildman–Crippen MR) is 103 cm³/mol. The lowest BCUT2D eigenvalue weighted by atomic mass is 9.59. The maximum atomic E-state index is 13.0. The molecule has 29 heavy (non-hydrogen) atoms. The van der Waals surface area contributed by atoms with Crippen LogP contribution in [0.2, 0.25) is 0 Å². The monoisotopic (exact) mass is 389 g/mol. The van der Waals surface area contributed by atoms with Crippen LogP contribution < -0.4 is 5.32 Å². The van der Waals surface area contributed by atoms with Gasteiger partial charge in [-0.2, -0.15) is 0 Å². The summed E-state index contributed by atoms with van der Waals surface area (Å²) in [5.41, 5.74) is 2.53. The van der Waals surface area contributed by atoms with Crippen molar-refractivity contribution < 1.29 is 24.3 Å². The highest BCUT2D eigenvalue weighted by molar-refractivity contribution is 6.23. The van der Waals surface area contributed by atoms with Gasteiger partial charge in [0.2, 0.25) is 11.8 Å². The van der Waals surface area contributed by atoms with Crippen LogP contribution in [0.3, 0.4) is 0 Å². The highest BCUT2D eigenvalue weighted by Gasteiger charge is 2.53. The summed E-state index contributed by atoms with van der Waals surface area (Å²) in [7, 11) is 0. The van der Waals surface area contributed by atoms with Crippen LogP contribution in [-0.4, -0.2) is 28.5 Å². The van der Waals surface area contributed by atoms with Crippen LogP contribution in [0, 0.1) is 17.8 Å². The molecule has 6 heteroatoms. The molecule has 146 valence electrons. The molecular formula is C23H19NO5. The molecule has 1 saturated heterocycles. The van der Waals surface area contributed by atoms with Crippen molar-refractivity contribution in [3.05, 3.63) is 64.3 Å². The highest BCUT2D eigenvalue weighted by atomic mass is 16.3. The molecule has 4 aliphatic rings. The molecule has 0 unspecified atom stereocenters. The molecule has 2 amide bonds. The number of aromatic hydroxyl groups is 1.